The third-order valence-corrected chi connectivity index (χ3v) is 4.84. The Labute approximate surface area is 145 Å². The maximum absolute atomic E-state index is 12.4. The van der Waals surface area contributed by atoms with Gasteiger partial charge in [-0.2, -0.15) is 0 Å². The summed E-state index contributed by atoms with van der Waals surface area (Å²) in [5, 5.41) is 8.97. The highest BCUT2D eigenvalue weighted by molar-refractivity contribution is 5.84. The lowest BCUT2D eigenvalue weighted by molar-refractivity contribution is -0.144. The van der Waals surface area contributed by atoms with Gasteiger partial charge in [-0.1, -0.05) is 44.2 Å². The number of likely N-dealkylation sites (N-methyl/N-ethyl adjacent to an activating group) is 1. The number of benzene rings is 1. The summed E-state index contributed by atoms with van der Waals surface area (Å²) < 4.78 is 5.90. The molecular formula is C20H31NO3. The summed E-state index contributed by atoms with van der Waals surface area (Å²) in [5.41, 5.74) is 0.394. The lowest BCUT2D eigenvalue weighted by atomic mass is 9.85. The van der Waals surface area contributed by atoms with Crippen molar-refractivity contribution in [2.45, 2.75) is 58.0 Å². The second-order valence-electron chi connectivity index (χ2n) is 7.41. The molecule has 1 saturated carbocycles. The van der Waals surface area contributed by atoms with E-state index in [-0.39, 0.29) is 12.5 Å². The predicted octanol–water partition coefficient (Wildman–Crippen LogP) is 3.42. The molecule has 1 amide bonds. The molecule has 0 heterocycles. The van der Waals surface area contributed by atoms with Gasteiger partial charge in [0.05, 0.1) is 6.61 Å². The summed E-state index contributed by atoms with van der Waals surface area (Å²) in [6, 6.07) is 8.14. The van der Waals surface area contributed by atoms with Crippen LogP contribution in [0.5, 0.6) is 5.75 Å². The third kappa shape index (κ3) is 5.23. The zero-order valence-electron chi connectivity index (χ0n) is 15.3. The molecule has 0 spiro atoms. The maximum Gasteiger partial charge on any atom is 0.265 e. The van der Waals surface area contributed by atoms with Gasteiger partial charge in [-0.3, -0.25) is 4.79 Å². The van der Waals surface area contributed by atoms with E-state index in [1.165, 1.54) is 42.6 Å². The van der Waals surface area contributed by atoms with Crippen LogP contribution >= 0.6 is 0 Å². The van der Waals surface area contributed by atoms with Gasteiger partial charge in [0.15, 0.2) is 5.60 Å². The molecular weight excluding hydrogens is 302 g/mol. The number of hydrogen-bond donors (Lipinski definition) is 1. The standard InChI is InChI=1S/C20H31NO3/c1-20(2,19(23)21(3)13-14-22)24-18-11-9-17(10-12-18)15-16-7-5-4-6-8-16/h9-12,16,22H,4-8,13-15H2,1-3H3. The minimum absolute atomic E-state index is 0.0474. The second kappa shape index (κ2) is 8.52. The Morgan fingerprint density at radius 1 is 1.21 bits per heavy atom. The van der Waals surface area contributed by atoms with E-state index in [2.05, 4.69) is 12.1 Å². The summed E-state index contributed by atoms with van der Waals surface area (Å²) in [6.45, 7) is 3.79. The number of carbonyl (C=O) groups excluding carboxylic acids is 1. The van der Waals surface area contributed by atoms with Crippen LogP contribution in [-0.4, -0.2) is 41.7 Å². The lowest BCUT2D eigenvalue weighted by Crippen LogP contribution is -2.48. The topological polar surface area (TPSA) is 49.8 Å². The van der Waals surface area contributed by atoms with E-state index < -0.39 is 5.60 Å². The average molecular weight is 333 g/mol. The van der Waals surface area contributed by atoms with Gasteiger partial charge in [0, 0.05) is 13.6 Å². The van der Waals surface area contributed by atoms with Gasteiger partial charge in [0.2, 0.25) is 0 Å². The molecule has 1 aromatic rings. The van der Waals surface area contributed by atoms with Crippen LogP contribution in [0.4, 0.5) is 0 Å². The quantitative estimate of drug-likeness (QED) is 0.832. The maximum atomic E-state index is 12.4. The molecule has 0 atom stereocenters. The minimum Gasteiger partial charge on any atom is -0.478 e. The molecule has 0 aliphatic heterocycles. The highest BCUT2D eigenvalue weighted by atomic mass is 16.5. The Bertz CT molecular complexity index is 518. The first kappa shape index (κ1) is 18.8. The van der Waals surface area contributed by atoms with Crippen molar-refractivity contribution in [3.63, 3.8) is 0 Å². The molecule has 0 radical (unpaired) electrons. The molecule has 0 unspecified atom stereocenters. The molecule has 134 valence electrons. The lowest BCUT2D eigenvalue weighted by Gasteiger charge is -2.30. The molecule has 1 fully saturated rings. The monoisotopic (exact) mass is 333 g/mol. The largest absolute Gasteiger partial charge is 0.478 e. The van der Waals surface area contributed by atoms with Gasteiger partial charge in [0.25, 0.3) is 5.91 Å². The molecule has 0 bridgehead atoms. The van der Waals surface area contributed by atoms with Gasteiger partial charge in [-0.15, -0.1) is 0 Å². The Hall–Kier alpha value is -1.55. The van der Waals surface area contributed by atoms with Crippen LogP contribution in [-0.2, 0) is 11.2 Å². The number of rotatable bonds is 7. The molecule has 24 heavy (non-hydrogen) atoms. The molecule has 0 aromatic heterocycles. The van der Waals surface area contributed by atoms with Crippen molar-refractivity contribution in [2.24, 2.45) is 5.92 Å². The molecule has 1 aromatic carbocycles. The van der Waals surface area contributed by atoms with Crippen LogP contribution in [0.1, 0.15) is 51.5 Å². The smallest absolute Gasteiger partial charge is 0.265 e. The van der Waals surface area contributed by atoms with Crippen molar-refractivity contribution in [3.8, 4) is 5.75 Å². The van der Waals surface area contributed by atoms with Crippen LogP contribution in [0.25, 0.3) is 0 Å². The highest BCUT2D eigenvalue weighted by Gasteiger charge is 2.32. The van der Waals surface area contributed by atoms with E-state index in [0.29, 0.717) is 12.3 Å². The first-order valence-electron chi connectivity index (χ1n) is 9.07. The molecule has 1 aliphatic rings. The summed E-state index contributed by atoms with van der Waals surface area (Å²) >= 11 is 0. The molecule has 4 heteroatoms. The first-order chi connectivity index (χ1) is 11.4. The van der Waals surface area contributed by atoms with Gasteiger partial charge in [0.1, 0.15) is 5.75 Å². The van der Waals surface area contributed by atoms with Crippen molar-refractivity contribution < 1.29 is 14.6 Å². The summed E-state index contributed by atoms with van der Waals surface area (Å²) in [7, 11) is 1.68. The van der Waals surface area contributed by atoms with E-state index in [1.54, 1.807) is 20.9 Å². The first-order valence-corrected chi connectivity index (χ1v) is 9.07. The number of hydrogen-bond acceptors (Lipinski definition) is 3. The van der Waals surface area contributed by atoms with Crippen LogP contribution in [0.3, 0.4) is 0 Å². The fraction of sp³-hybridized carbons (Fsp3) is 0.650. The number of aliphatic hydroxyl groups excluding tert-OH is 1. The van der Waals surface area contributed by atoms with Crippen molar-refractivity contribution in [3.05, 3.63) is 29.8 Å². The number of carbonyl (C=O) groups is 1. The van der Waals surface area contributed by atoms with Gasteiger partial charge >= 0.3 is 0 Å². The Balaban J connectivity index is 1.93. The number of ether oxygens (including phenoxy) is 1. The molecule has 2 rings (SSSR count). The van der Waals surface area contributed by atoms with Gasteiger partial charge in [-0.25, -0.2) is 0 Å². The summed E-state index contributed by atoms with van der Waals surface area (Å²) in [5.74, 6) is 1.39. The Morgan fingerprint density at radius 2 is 1.83 bits per heavy atom. The Morgan fingerprint density at radius 3 is 2.42 bits per heavy atom. The normalized spacial score (nSPS) is 16.0. The van der Waals surface area contributed by atoms with Gasteiger partial charge < -0.3 is 14.7 Å². The fourth-order valence-electron chi connectivity index (χ4n) is 3.47. The number of amides is 1. The molecule has 1 N–H and O–H groups in total. The molecule has 1 aliphatic carbocycles. The fourth-order valence-corrected chi connectivity index (χ4v) is 3.47. The zero-order valence-corrected chi connectivity index (χ0v) is 15.3. The summed E-state index contributed by atoms with van der Waals surface area (Å²) in [4.78, 5) is 13.9. The van der Waals surface area contributed by atoms with Crippen LogP contribution in [0, 0.1) is 5.92 Å². The van der Waals surface area contributed by atoms with E-state index >= 15 is 0 Å². The summed E-state index contributed by atoms with van der Waals surface area (Å²) in [6.07, 6.45) is 7.94. The van der Waals surface area contributed by atoms with Crippen LogP contribution in [0.2, 0.25) is 0 Å². The van der Waals surface area contributed by atoms with E-state index in [0.717, 1.165) is 12.3 Å². The number of aliphatic hydroxyl groups is 1. The van der Waals surface area contributed by atoms with E-state index in [1.807, 2.05) is 12.1 Å². The Kier molecular flexibility index (Phi) is 6.67. The van der Waals surface area contributed by atoms with Crippen molar-refractivity contribution in [2.75, 3.05) is 20.2 Å². The van der Waals surface area contributed by atoms with Crippen molar-refractivity contribution in [1.29, 1.82) is 0 Å². The average Bonchev–Trinajstić information content (AvgIpc) is 2.57. The molecule has 0 saturated heterocycles. The van der Waals surface area contributed by atoms with Crippen LogP contribution in [0.15, 0.2) is 24.3 Å². The predicted molar refractivity (Wildman–Crippen MR) is 96.2 cm³/mol. The highest BCUT2D eigenvalue weighted by Crippen LogP contribution is 2.28. The van der Waals surface area contributed by atoms with Gasteiger partial charge in [-0.05, 0) is 43.9 Å². The number of nitrogens with zero attached hydrogens (tertiary/aromatic N) is 1. The van der Waals surface area contributed by atoms with Crippen molar-refractivity contribution >= 4 is 5.91 Å². The SMILES string of the molecule is CN(CCO)C(=O)C(C)(C)Oc1ccc(CC2CCCCC2)cc1. The van der Waals surface area contributed by atoms with E-state index in [4.69, 9.17) is 9.84 Å². The third-order valence-electron chi connectivity index (χ3n) is 4.84. The minimum atomic E-state index is -0.950. The molecule has 4 nitrogen and oxygen atoms in total. The van der Waals surface area contributed by atoms with Crippen molar-refractivity contribution in [1.82, 2.24) is 4.90 Å². The zero-order chi connectivity index (χ0) is 17.6. The van der Waals surface area contributed by atoms with Crippen LogP contribution < -0.4 is 4.74 Å². The van der Waals surface area contributed by atoms with E-state index in [9.17, 15) is 4.79 Å². The second-order valence-corrected chi connectivity index (χ2v) is 7.41.